The quantitative estimate of drug-likeness (QED) is 0.186. The summed E-state index contributed by atoms with van der Waals surface area (Å²) in [6, 6.07) is 11.8. The summed E-state index contributed by atoms with van der Waals surface area (Å²) >= 11 is 4.36. The van der Waals surface area contributed by atoms with Gasteiger partial charge in [-0.25, -0.2) is 9.59 Å². The van der Waals surface area contributed by atoms with Crippen LogP contribution in [-0.4, -0.2) is 64.4 Å². The molecule has 0 aliphatic carbocycles. The van der Waals surface area contributed by atoms with E-state index >= 15 is 0 Å². The molecule has 2 aromatic carbocycles. The van der Waals surface area contributed by atoms with Crippen LogP contribution >= 0.6 is 12.6 Å². The Kier molecular flexibility index (Phi) is 14.0. The second kappa shape index (κ2) is 16.7. The Balaban J connectivity index is 2.59. The average molecular weight is 642 g/mol. The first-order valence-corrected chi connectivity index (χ1v) is 16.1. The zero-order valence-corrected chi connectivity index (χ0v) is 29.1. The van der Waals surface area contributed by atoms with Gasteiger partial charge >= 0.3 is 12.1 Å². The molecule has 0 heterocycles. The van der Waals surface area contributed by atoms with Crippen molar-refractivity contribution in [2.45, 2.75) is 111 Å². The molecule has 0 saturated heterocycles. The number of aryl methyl sites for hydroxylation is 2. The third kappa shape index (κ3) is 12.4. The molecule has 2 N–H and O–H groups in total. The molecule has 2 rings (SSSR count). The van der Waals surface area contributed by atoms with Crippen LogP contribution < -0.4 is 10.6 Å². The van der Waals surface area contributed by atoms with Crippen molar-refractivity contribution in [2.24, 2.45) is 0 Å². The molecule has 0 radical (unpaired) electrons. The van der Waals surface area contributed by atoms with Gasteiger partial charge < -0.3 is 25.0 Å². The Labute approximate surface area is 274 Å². The molecule has 3 unspecified atom stereocenters. The molecular formula is C35H51N3O6S. The van der Waals surface area contributed by atoms with Crippen LogP contribution in [0.4, 0.5) is 4.79 Å². The van der Waals surface area contributed by atoms with Crippen LogP contribution in [0.15, 0.2) is 48.5 Å². The predicted molar refractivity (Wildman–Crippen MR) is 180 cm³/mol. The van der Waals surface area contributed by atoms with Crippen molar-refractivity contribution in [2.75, 3.05) is 12.3 Å². The number of carbonyl (C=O) groups excluding carboxylic acids is 4. The number of rotatable bonds is 13. The molecule has 9 nitrogen and oxygen atoms in total. The number of unbranched alkanes of at least 4 members (excludes halogenated alkanes) is 1. The molecule has 0 fully saturated rings. The number of esters is 1. The van der Waals surface area contributed by atoms with Crippen molar-refractivity contribution in [1.82, 2.24) is 15.5 Å². The van der Waals surface area contributed by atoms with Gasteiger partial charge in [0.05, 0.1) is 0 Å². The van der Waals surface area contributed by atoms with Crippen LogP contribution in [0, 0.1) is 13.8 Å². The Bertz CT molecular complexity index is 1300. The minimum absolute atomic E-state index is 0.0174. The summed E-state index contributed by atoms with van der Waals surface area (Å²) in [5.41, 5.74) is 1.84. The van der Waals surface area contributed by atoms with Crippen LogP contribution in [0.2, 0.25) is 0 Å². The summed E-state index contributed by atoms with van der Waals surface area (Å²) in [5, 5.41) is 5.55. The first kappa shape index (κ1) is 37.7. The number of hydrogen-bond acceptors (Lipinski definition) is 7. The van der Waals surface area contributed by atoms with E-state index in [-0.39, 0.29) is 18.7 Å². The lowest BCUT2D eigenvalue weighted by Gasteiger charge is -2.35. The molecule has 0 bridgehead atoms. The number of hydrogen-bond donors (Lipinski definition) is 3. The Hall–Kier alpha value is -3.53. The molecule has 3 atom stereocenters. The molecule has 0 aliphatic rings. The van der Waals surface area contributed by atoms with Crippen molar-refractivity contribution in [3.8, 4) is 0 Å². The van der Waals surface area contributed by atoms with Crippen molar-refractivity contribution < 1.29 is 28.7 Å². The smallest absolute Gasteiger partial charge is 0.408 e. The molecule has 0 saturated carbocycles. The lowest BCUT2D eigenvalue weighted by molar-refractivity contribution is -0.159. The Morgan fingerprint density at radius 3 is 2.00 bits per heavy atom. The summed E-state index contributed by atoms with van der Waals surface area (Å²) in [5.74, 6) is -1.62. The Morgan fingerprint density at radius 1 is 0.844 bits per heavy atom. The standard InChI is InChI=1S/C35H51N3O6S/c1-10-11-19-38(31(40)28(22-45)37-33(42)44-35(7,8)9)29(26-18-17-23(2)24(3)20-26)30(39)36-27(32(41)43-34(4,5)6)21-25-15-13-12-14-16-25/h12-18,20,27-29,45H,10-11,19,21-22H2,1-9H3,(H,36,39)(H,37,42). The topological polar surface area (TPSA) is 114 Å². The predicted octanol–water partition coefficient (Wildman–Crippen LogP) is 5.87. The van der Waals surface area contributed by atoms with Gasteiger partial charge in [-0.15, -0.1) is 0 Å². The van der Waals surface area contributed by atoms with E-state index in [0.29, 0.717) is 12.0 Å². The fraction of sp³-hybridized carbons (Fsp3) is 0.543. The van der Waals surface area contributed by atoms with Crippen LogP contribution in [0.3, 0.4) is 0 Å². The number of carbonyl (C=O) groups is 4. The molecule has 45 heavy (non-hydrogen) atoms. The van der Waals surface area contributed by atoms with E-state index in [4.69, 9.17) is 9.47 Å². The molecule has 248 valence electrons. The van der Waals surface area contributed by atoms with Gasteiger partial charge in [-0.1, -0.05) is 61.9 Å². The van der Waals surface area contributed by atoms with Gasteiger partial charge in [-0.2, -0.15) is 12.6 Å². The zero-order valence-electron chi connectivity index (χ0n) is 28.2. The Morgan fingerprint density at radius 2 is 1.47 bits per heavy atom. The minimum atomic E-state index is -1.10. The highest BCUT2D eigenvalue weighted by atomic mass is 32.1. The number of ether oxygens (including phenoxy) is 2. The van der Waals surface area contributed by atoms with E-state index in [1.807, 2.05) is 69.3 Å². The zero-order chi connectivity index (χ0) is 33.9. The summed E-state index contributed by atoms with van der Waals surface area (Å²) < 4.78 is 11.1. The van der Waals surface area contributed by atoms with Gasteiger partial charge in [0.1, 0.15) is 29.3 Å². The first-order valence-electron chi connectivity index (χ1n) is 15.5. The number of nitrogens with one attached hydrogen (secondary N) is 2. The SMILES string of the molecule is CCCCN(C(=O)C(CS)NC(=O)OC(C)(C)C)C(C(=O)NC(Cc1ccccc1)C(=O)OC(C)(C)C)c1ccc(C)c(C)c1. The molecule has 0 aliphatic heterocycles. The van der Waals surface area contributed by atoms with Crippen LogP contribution in [-0.2, 0) is 30.3 Å². The van der Waals surface area contributed by atoms with Crippen LogP contribution in [0.5, 0.6) is 0 Å². The maximum Gasteiger partial charge on any atom is 0.408 e. The van der Waals surface area contributed by atoms with Crippen LogP contribution in [0.1, 0.15) is 89.6 Å². The van der Waals surface area contributed by atoms with E-state index in [2.05, 4.69) is 23.3 Å². The molecule has 0 aromatic heterocycles. The van der Waals surface area contributed by atoms with Gasteiger partial charge in [0.15, 0.2) is 0 Å². The highest BCUT2D eigenvalue weighted by Crippen LogP contribution is 2.26. The second-order valence-electron chi connectivity index (χ2n) is 13.3. The normalized spacial score (nSPS) is 13.6. The lowest BCUT2D eigenvalue weighted by Crippen LogP contribution is -2.55. The average Bonchev–Trinajstić information content (AvgIpc) is 2.93. The number of nitrogens with zero attached hydrogens (tertiary/aromatic N) is 1. The van der Waals surface area contributed by atoms with Gasteiger partial charge in [-0.3, -0.25) is 9.59 Å². The summed E-state index contributed by atoms with van der Waals surface area (Å²) in [7, 11) is 0. The van der Waals surface area contributed by atoms with E-state index in [1.54, 1.807) is 41.5 Å². The first-order chi connectivity index (χ1) is 21.0. The van der Waals surface area contributed by atoms with Gasteiger partial charge in [-0.05, 0) is 84.1 Å². The van der Waals surface area contributed by atoms with Gasteiger partial charge in [0.2, 0.25) is 11.8 Å². The molecular weight excluding hydrogens is 590 g/mol. The summed E-state index contributed by atoms with van der Waals surface area (Å²) in [6.07, 6.45) is 0.796. The lowest BCUT2D eigenvalue weighted by atomic mass is 9.97. The van der Waals surface area contributed by atoms with Crippen molar-refractivity contribution in [3.63, 3.8) is 0 Å². The van der Waals surface area contributed by atoms with Crippen LogP contribution in [0.25, 0.3) is 0 Å². The van der Waals surface area contributed by atoms with Crippen molar-refractivity contribution >= 4 is 36.5 Å². The van der Waals surface area contributed by atoms with E-state index in [0.717, 1.165) is 23.1 Å². The third-order valence-electron chi connectivity index (χ3n) is 6.90. The molecule has 3 amide bonds. The minimum Gasteiger partial charge on any atom is -0.458 e. The maximum absolute atomic E-state index is 14.4. The number of thiol groups is 1. The largest absolute Gasteiger partial charge is 0.458 e. The summed E-state index contributed by atoms with van der Waals surface area (Å²) in [6.45, 7) is 16.6. The fourth-order valence-electron chi connectivity index (χ4n) is 4.60. The maximum atomic E-state index is 14.4. The molecule has 2 aromatic rings. The van der Waals surface area contributed by atoms with E-state index in [1.165, 1.54) is 4.90 Å². The number of alkyl carbamates (subject to hydrolysis) is 1. The monoisotopic (exact) mass is 641 g/mol. The number of benzene rings is 2. The highest BCUT2D eigenvalue weighted by Gasteiger charge is 2.38. The van der Waals surface area contributed by atoms with E-state index in [9.17, 15) is 19.2 Å². The van der Waals surface area contributed by atoms with Gasteiger partial charge in [0.25, 0.3) is 0 Å². The molecule has 0 spiro atoms. The number of amides is 3. The van der Waals surface area contributed by atoms with E-state index < -0.39 is 53.2 Å². The van der Waals surface area contributed by atoms with Crippen molar-refractivity contribution in [3.05, 3.63) is 70.8 Å². The fourth-order valence-corrected chi connectivity index (χ4v) is 4.85. The van der Waals surface area contributed by atoms with Gasteiger partial charge in [0, 0.05) is 18.7 Å². The second-order valence-corrected chi connectivity index (χ2v) is 13.7. The third-order valence-corrected chi connectivity index (χ3v) is 7.27. The highest BCUT2D eigenvalue weighted by molar-refractivity contribution is 7.80. The summed E-state index contributed by atoms with van der Waals surface area (Å²) in [4.78, 5) is 56.1. The molecule has 10 heteroatoms. The van der Waals surface area contributed by atoms with Crippen molar-refractivity contribution in [1.29, 1.82) is 0 Å².